The molecule has 0 unspecified atom stereocenters. The highest BCUT2D eigenvalue weighted by Crippen LogP contribution is 2.64. The van der Waals surface area contributed by atoms with Crippen molar-refractivity contribution in [3.63, 3.8) is 0 Å². The molecule has 1 aliphatic carbocycles. The molecule has 0 amide bonds. The van der Waals surface area contributed by atoms with E-state index in [1.807, 2.05) is 24.3 Å². The second kappa shape index (κ2) is 15.1. The Labute approximate surface area is 418 Å². The Bertz CT molecular complexity index is 4530. The maximum absolute atomic E-state index is 7.48. The van der Waals surface area contributed by atoms with Crippen molar-refractivity contribution in [1.29, 1.82) is 0 Å². The highest BCUT2D eigenvalue weighted by molar-refractivity contribution is 6.09. The molecule has 6 heteroatoms. The first-order chi connectivity index (χ1) is 36.2. The van der Waals surface area contributed by atoms with Crippen molar-refractivity contribution in [3.05, 3.63) is 265 Å². The number of nitrogens with zero attached hydrogens (tertiary/aromatic N) is 2. The van der Waals surface area contributed by atoms with Crippen molar-refractivity contribution >= 4 is 99.7 Å². The highest BCUT2D eigenvalue weighted by Gasteiger charge is 2.54. The third-order valence-corrected chi connectivity index (χ3v) is 15.3. The minimum absolute atomic E-state index is 0.695. The van der Waals surface area contributed by atoms with E-state index in [-0.39, 0.29) is 0 Å². The Morgan fingerprint density at radius 1 is 0.301 bits per heavy atom. The Balaban J connectivity index is 0.942. The van der Waals surface area contributed by atoms with Gasteiger partial charge in [-0.05, 0) is 113 Å². The van der Waals surface area contributed by atoms with Crippen LogP contribution in [0.4, 0.5) is 34.1 Å². The van der Waals surface area contributed by atoms with Crippen LogP contribution in [0.2, 0.25) is 0 Å². The molecule has 342 valence electrons. The number of hydrogen-bond acceptors (Lipinski definition) is 6. The quantitative estimate of drug-likeness (QED) is 0.166. The largest absolute Gasteiger partial charge is 0.456 e. The molecule has 0 radical (unpaired) electrons. The summed E-state index contributed by atoms with van der Waals surface area (Å²) in [6.07, 6.45) is 0. The zero-order chi connectivity index (χ0) is 47.8. The standard InChI is InChI=1S/C67H40N2O4/c1-2-17-42(18-3-1)69(58-26-14-16-41-15-4-5-19-47(41)58)44-32-36-62-54(38-44)65-66(73-62)67(55-24-10-6-20-48(55)49-21-7-11-25-56(49)67)57-34-30-46(40-64(57)72-65)68(43-31-35-61-53(37-43)51-23-9-13-28-60(51)70-61)45-29-33-52-50-22-8-12-27-59(50)71-63(52)39-45/h1-40H. The first-order valence-electron chi connectivity index (χ1n) is 24.7. The van der Waals surface area contributed by atoms with E-state index in [9.17, 15) is 0 Å². The van der Waals surface area contributed by atoms with Gasteiger partial charge in [-0.2, -0.15) is 0 Å². The van der Waals surface area contributed by atoms with Crippen molar-refractivity contribution in [2.45, 2.75) is 5.41 Å². The molecule has 1 spiro atoms. The summed E-state index contributed by atoms with van der Waals surface area (Å²) in [7, 11) is 0. The van der Waals surface area contributed by atoms with Gasteiger partial charge in [-0.25, -0.2) is 0 Å². The van der Waals surface area contributed by atoms with Gasteiger partial charge in [0, 0.05) is 73.1 Å². The molecule has 2 aliphatic rings. The molecule has 0 bridgehead atoms. The molecule has 6 nitrogen and oxygen atoms in total. The van der Waals surface area contributed by atoms with Crippen LogP contribution in [0, 0.1) is 0 Å². The SMILES string of the molecule is c1ccc(N(c2ccc3oc4c(c3c2)Oc2cc(N(c3ccc5c(c3)oc3ccccc35)c3ccc5oc6ccccc6c5c3)ccc2C42c3ccccc3-c3ccccc32)c2cccc3ccccc23)cc1. The lowest BCUT2D eigenvalue weighted by Gasteiger charge is -2.37. The predicted octanol–water partition coefficient (Wildman–Crippen LogP) is 18.8. The fraction of sp³-hybridized carbons (Fsp3) is 0.0149. The van der Waals surface area contributed by atoms with Gasteiger partial charge < -0.3 is 27.8 Å². The fourth-order valence-corrected chi connectivity index (χ4v) is 12.2. The van der Waals surface area contributed by atoms with Crippen LogP contribution >= 0.6 is 0 Å². The number of hydrogen-bond donors (Lipinski definition) is 0. The number of para-hydroxylation sites is 3. The summed E-state index contributed by atoms with van der Waals surface area (Å²) in [6.45, 7) is 0. The second-order valence-corrected chi connectivity index (χ2v) is 19.1. The average molecular weight is 937 g/mol. The van der Waals surface area contributed by atoms with Gasteiger partial charge >= 0.3 is 0 Å². The van der Waals surface area contributed by atoms with Crippen LogP contribution in [0.15, 0.2) is 256 Å². The molecule has 4 heterocycles. The van der Waals surface area contributed by atoms with E-state index in [2.05, 4.69) is 228 Å². The second-order valence-electron chi connectivity index (χ2n) is 19.1. The van der Waals surface area contributed by atoms with Crippen LogP contribution in [-0.4, -0.2) is 0 Å². The molecular weight excluding hydrogens is 897 g/mol. The Hall–Kier alpha value is -9.78. The zero-order valence-electron chi connectivity index (χ0n) is 39.1. The summed E-state index contributed by atoms with van der Waals surface area (Å²) in [4.78, 5) is 4.63. The number of ether oxygens (including phenoxy) is 1. The van der Waals surface area contributed by atoms with Gasteiger partial charge in [-0.1, -0.05) is 146 Å². The van der Waals surface area contributed by atoms with Gasteiger partial charge in [0.1, 0.15) is 39.1 Å². The monoisotopic (exact) mass is 936 g/mol. The van der Waals surface area contributed by atoms with Gasteiger partial charge in [-0.3, -0.25) is 0 Å². The van der Waals surface area contributed by atoms with E-state index in [0.717, 1.165) is 123 Å². The average Bonchev–Trinajstić information content (AvgIpc) is 4.20. The lowest BCUT2D eigenvalue weighted by Crippen LogP contribution is -2.31. The van der Waals surface area contributed by atoms with Gasteiger partial charge in [0.2, 0.25) is 0 Å². The Morgan fingerprint density at radius 2 is 0.836 bits per heavy atom. The molecule has 0 saturated carbocycles. The minimum atomic E-state index is -0.838. The Morgan fingerprint density at radius 3 is 1.62 bits per heavy atom. The molecule has 73 heavy (non-hydrogen) atoms. The van der Waals surface area contributed by atoms with Crippen LogP contribution in [-0.2, 0) is 5.41 Å². The summed E-state index contributed by atoms with van der Waals surface area (Å²) >= 11 is 0. The van der Waals surface area contributed by atoms with Crippen molar-refractivity contribution in [2.24, 2.45) is 0 Å². The molecule has 0 saturated heterocycles. The van der Waals surface area contributed by atoms with Crippen LogP contribution in [0.1, 0.15) is 22.5 Å². The topological polar surface area (TPSA) is 55.1 Å². The minimum Gasteiger partial charge on any atom is -0.456 e. The maximum Gasteiger partial charge on any atom is 0.178 e. The smallest absolute Gasteiger partial charge is 0.178 e. The van der Waals surface area contributed by atoms with Crippen LogP contribution in [0.3, 0.4) is 0 Å². The van der Waals surface area contributed by atoms with Crippen molar-refractivity contribution in [1.82, 2.24) is 0 Å². The lowest BCUT2D eigenvalue weighted by molar-refractivity contribution is 0.389. The third kappa shape index (κ3) is 5.69. The normalized spacial score (nSPS) is 13.2. The molecule has 0 N–H and O–H groups in total. The molecule has 0 atom stereocenters. The first kappa shape index (κ1) is 40.0. The van der Waals surface area contributed by atoms with Gasteiger partial charge in [-0.15, -0.1) is 0 Å². The van der Waals surface area contributed by atoms with E-state index >= 15 is 0 Å². The summed E-state index contributed by atoms with van der Waals surface area (Å²) in [5.41, 5.74) is 14.8. The number of anilines is 6. The van der Waals surface area contributed by atoms with Crippen molar-refractivity contribution < 1.29 is 18.0 Å². The third-order valence-electron chi connectivity index (χ3n) is 15.3. The van der Waals surface area contributed by atoms with E-state index in [1.165, 1.54) is 16.5 Å². The molecule has 1 aliphatic heterocycles. The molecule has 16 rings (SSSR count). The number of rotatable bonds is 6. The maximum atomic E-state index is 7.48. The first-order valence-corrected chi connectivity index (χ1v) is 24.7. The molecule has 0 fully saturated rings. The van der Waals surface area contributed by atoms with E-state index in [0.29, 0.717) is 5.75 Å². The molecule has 3 aromatic heterocycles. The van der Waals surface area contributed by atoms with Crippen molar-refractivity contribution in [2.75, 3.05) is 9.80 Å². The van der Waals surface area contributed by atoms with Gasteiger partial charge in [0.15, 0.2) is 11.5 Å². The fourth-order valence-electron chi connectivity index (χ4n) is 12.2. The Kier molecular flexibility index (Phi) is 8.28. The van der Waals surface area contributed by atoms with E-state index < -0.39 is 5.41 Å². The summed E-state index contributed by atoms with van der Waals surface area (Å²) in [5, 5.41) is 7.46. The highest BCUT2D eigenvalue weighted by atomic mass is 16.5. The number of benzene rings is 11. The summed E-state index contributed by atoms with van der Waals surface area (Å²) in [6, 6.07) is 85.8. The van der Waals surface area contributed by atoms with E-state index in [4.69, 9.17) is 18.0 Å². The van der Waals surface area contributed by atoms with Crippen LogP contribution < -0.4 is 14.5 Å². The molecule has 14 aromatic rings. The van der Waals surface area contributed by atoms with Gasteiger partial charge in [0.05, 0.1) is 11.1 Å². The zero-order valence-corrected chi connectivity index (χ0v) is 39.1. The molecular formula is C67H40N2O4. The number of fused-ring (bicyclic) bond motifs is 18. The van der Waals surface area contributed by atoms with Crippen LogP contribution in [0.25, 0.3) is 76.7 Å². The predicted molar refractivity (Wildman–Crippen MR) is 295 cm³/mol. The lowest BCUT2D eigenvalue weighted by atomic mass is 9.69. The van der Waals surface area contributed by atoms with Crippen LogP contribution in [0.5, 0.6) is 11.5 Å². The molecule has 11 aromatic carbocycles. The van der Waals surface area contributed by atoms with Crippen molar-refractivity contribution in [3.8, 4) is 22.6 Å². The summed E-state index contributed by atoms with van der Waals surface area (Å²) in [5.74, 6) is 2.20. The summed E-state index contributed by atoms with van der Waals surface area (Å²) < 4.78 is 27.7. The van der Waals surface area contributed by atoms with Gasteiger partial charge in [0.25, 0.3) is 0 Å². The number of furan rings is 3. The van der Waals surface area contributed by atoms with E-state index in [1.54, 1.807) is 0 Å².